The number of carbonyl (C=O) groups excluding carboxylic acids is 2. The number of likely N-dealkylation sites (N-methyl/N-ethyl adjacent to an activating group) is 1. The number of amides is 2. The van der Waals surface area contributed by atoms with Crippen LogP contribution in [0.25, 0.3) is 11.0 Å². The summed E-state index contributed by atoms with van der Waals surface area (Å²) in [6.07, 6.45) is 3.43. The lowest BCUT2D eigenvalue weighted by Crippen LogP contribution is -2.52. The van der Waals surface area contributed by atoms with Crippen LogP contribution in [0.5, 0.6) is 0 Å². The lowest BCUT2D eigenvalue weighted by molar-refractivity contribution is -0.142. The molecule has 0 saturated carbocycles. The smallest absolute Gasteiger partial charge is 0.243 e. The fourth-order valence-corrected chi connectivity index (χ4v) is 3.47. The molecule has 0 radical (unpaired) electrons. The van der Waals surface area contributed by atoms with Gasteiger partial charge < -0.3 is 14.8 Å². The Kier molecular flexibility index (Phi) is 4.83. The highest BCUT2D eigenvalue weighted by molar-refractivity contribution is 5.88. The van der Waals surface area contributed by atoms with E-state index in [2.05, 4.69) is 10.3 Å². The van der Waals surface area contributed by atoms with Crippen LogP contribution in [-0.4, -0.2) is 45.9 Å². The largest absolute Gasteiger partial charge is 0.357 e. The molecule has 1 aliphatic rings. The molecule has 1 atom stereocenters. The first-order valence-electron chi connectivity index (χ1n) is 8.61. The third-order valence-corrected chi connectivity index (χ3v) is 4.72. The average Bonchev–Trinajstić information content (AvgIpc) is 2.98. The molecule has 24 heavy (non-hydrogen) atoms. The molecule has 0 bridgehead atoms. The van der Waals surface area contributed by atoms with Crippen LogP contribution in [0.15, 0.2) is 24.3 Å². The molecule has 1 fully saturated rings. The minimum Gasteiger partial charge on any atom is -0.357 e. The monoisotopic (exact) mass is 328 g/mol. The number of nitrogens with zero attached hydrogens (tertiary/aromatic N) is 3. The summed E-state index contributed by atoms with van der Waals surface area (Å²) in [6.45, 7) is 2.92. The molecule has 1 N–H and O–H groups in total. The minimum absolute atomic E-state index is 0.0128. The van der Waals surface area contributed by atoms with Crippen molar-refractivity contribution in [1.29, 1.82) is 0 Å². The molecular weight excluding hydrogens is 304 g/mol. The molecule has 1 aromatic heterocycles. The van der Waals surface area contributed by atoms with Gasteiger partial charge in [0.05, 0.1) is 11.0 Å². The van der Waals surface area contributed by atoms with Crippen molar-refractivity contribution in [2.24, 2.45) is 0 Å². The van der Waals surface area contributed by atoms with Gasteiger partial charge in [0.2, 0.25) is 11.8 Å². The number of aromatic nitrogens is 2. The number of fused-ring (bicyclic) bond motifs is 1. The van der Waals surface area contributed by atoms with Gasteiger partial charge >= 0.3 is 0 Å². The lowest BCUT2D eigenvalue weighted by Gasteiger charge is -2.34. The summed E-state index contributed by atoms with van der Waals surface area (Å²) < 4.78 is 1.98. The molecule has 1 aliphatic heterocycles. The Balaban J connectivity index is 1.87. The van der Waals surface area contributed by atoms with Crippen LogP contribution in [0.1, 0.15) is 32.0 Å². The zero-order valence-electron chi connectivity index (χ0n) is 14.3. The Bertz CT molecular complexity index is 753. The van der Waals surface area contributed by atoms with Gasteiger partial charge in [-0.15, -0.1) is 0 Å². The first-order valence-corrected chi connectivity index (χ1v) is 8.61. The van der Waals surface area contributed by atoms with Gasteiger partial charge in [-0.05, 0) is 31.4 Å². The molecule has 6 heteroatoms. The van der Waals surface area contributed by atoms with Crippen molar-refractivity contribution < 1.29 is 9.59 Å². The van der Waals surface area contributed by atoms with Crippen LogP contribution in [0.2, 0.25) is 0 Å². The minimum atomic E-state index is -0.351. The highest BCUT2D eigenvalue weighted by Crippen LogP contribution is 2.20. The van der Waals surface area contributed by atoms with Crippen LogP contribution < -0.4 is 5.32 Å². The molecule has 1 aromatic carbocycles. The number of rotatable bonds is 4. The normalized spacial score (nSPS) is 17.9. The van der Waals surface area contributed by atoms with E-state index in [4.69, 9.17) is 0 Å². The van der Waals surface area contributed by atoms with Crippen molar-refractivity contribution in [1.82, 2.24) is 19.8 Å². The molecule has 0 spiro atoms. The van der Waals surface area contributed by atoms with E-state index in [1.807, 2.05) is 35.8 Å². The number of para-hydroxylation sites is 2. The SMILES string of the molecule is CCc1nc2ccccc2n1CC(=O)N1CCCC[C@H]1C(=O)NC. The summed E-state index contributed by atoms with van der Waals surface area (Å²) in [7, 11) is 1.62. The Morgan fingerprint density at radius 1 is 1.29 bits per heavy atom. The van der Waals surface area contributed by atoms with Crippen molar-refractivity contribution in [3.8, 4) is 0 Å². The molecule has 3 rings (SSSR count). The number of carbonyl (C=O) groups is 2. The van der Waals surface area contributed by atoms with Gasteiger partial charge in [-0.3, -0.25) is 9.59 Å². The van der Waals surface area contributed by atoms with Gasteiger partial charge in [0, 0.05) is 20.0 Å². The van der Waals surface area contributed by atoms with E-state index in [0.717, 1.165) is 42.5 Å². The number of hydrogen-bond donors (Lipinski definition) is 1. The van der Waals surface area contributed by atoms with E-state index in [1.165, 1.54) is 0 Å². The van der Waals surface area contributed by atoms with Gasteiger partial charge in [0.1, 0.15) is 18.4 Å². The molecule has 1 saturated heterocycles. The molecular formula is C18H24N4O2. The first kappa shape index (κ1) is 16.5. The Morgan fingerprint density at radius 2 is 2.08 bits per heavy atom. The molecule has 6 nitrogen and oxygen atoms in total. The maximum absolute atomic E-state index is 12.9. The third kappa shape index (κ3) is 3.00. The third-order valence-electron chi connectivity index (χ3n) is 4.72. The second-order valence-electron chi connectivity index (χ2n) is 6.17. The predicted octanol–water partition coefficient (Wildman–Crippen LogP) is 1.73. The first-order chi connectivity index (χ1) is 11.7. The fourth-order valence-electron chi connectivity index (χ4n) is 3.47. The zero-order chi connectivity index (χ0) is 17.1. The van der Waals surface area contributed by atoms with Crippen LogP contribution in [0.3, 0.4) is 0 Å². The summed E-state index contributed by atoms with van der Waals surface area (Å²) in [6, 6.07) is 7.51. The highest BCUT2D eigenvalue weighted by Gasteiger charge is 2.31. The molecule has 128 valence electrons. The van der Waals surface area contributed by atoms with Gasteiger partial charge in [0.15, 0.2) is 0 Å². The molecule has 2 aromatic rings. The van der Waals surface area contributed by atoms with E-state index in [0.29, 0.717) is 6.54 Å². The van der Waals surface area contributed by atoms with Crippen molar-refractivity contribution in [2.45, 2.75) is 45.2 Å². The Morgan fingerprint density at radius 3 is 2.83 bits per heavy atom. The molecule has 2 heterocycles. The number of imidazole rings is 1. The van der Waals surface area contributed by atoms with Crippen molar-refractivity contribution in [3.63, 3.8) is 0 Å². The summed E-state index contributed by atoms with van der Waals surface area (Å²) in [5.74, 6) is 0.813. The second kappa shape index (κ2) is 7.03. The summed E-state index contributed by atoms with van der Waals surface area (Å²) in [4.78, 5) is 31.3. The van der Waals surface area contributed by atoms with Crippen molar-refractivity contribution in [3.05, 3.63) is 30.1 Å². The van der Waals surface area contributed by atoms with E-state index >= 15 is 0 Å². The topological polar surface area (TPSA) is 67.2 Å². The molecule has 0 aliphatic carbocycles. The van der Waals surface area contributed by atoms with Gasteiger partial charge in [-0.2, -0.15) is 0 Å². The maximum Gasteiger partial charge on any atom is 0.243 e. The second-order valence-corrected chi connectivity index (χ2v) is 6.17. The number of nitrogens with one attached hydrogen (secondary N) is 1. The highest BCUT2D eigenvalue weighted by atomic mass is 16.2. The van der Waals surface area contributed by atoms with E-state index in [1.54, 1.807) is 11.9 Å². The van der Waals surface area contributed by atoms with E-state index in [-0.39, 0.29) is 24.4 Å². The van der Waals surface area contributed by atoms with Gasteiger partial charge in [-0.1, -0.05) is 19.1 Å². The van der Waals surface area contributed by atoms with Crippen LogP contribution in [0.4, 0.5) is 0 Å². The lowest BCUT2D eigenvalue weighted by atomic mass is 10.0. The zero-order valence-corrected chi connectivity index (χ0v) is 14.3. The Hall–Kier alpha value is -2.37. The number of benzene rings is 1. The van der Waals surface area contributed by atoms with Crippen LogP contribution in [0, 0.1) is 0 Å². The number of likely N-dealkylation sites (tertiary alicyclic amines) is 1. The van der Waals surface area contributed by atoms with Crippen LogP contribution >= 0.6 is 0 Å². The van der Waals surface area contributed by atoms with E-state index in [9.17, 15) is 9.59 Å². The number of hydrogen-bond acceptors (Lipinski definition) is 3. The summed E-state index contributed by atoms with van der Waals surface area (Å²) in [5.41, 5.74) is 1.87. The quantitative estimate of drug-likeness (QED) is 0.929. The van der Waals surface area contributed by atoms with Crippen LogP contribution in [-0.2, 0) is 22.6 Å². The number of aryl methyl sites for hydroxylation is 1. The molecule has 0 unspecified atom stereocenters. The summed E-state index contributed by atoms with van der Waals surface area (Å²) in [5, 5.41) is 2.68. The summed E-state index contributed by atoms with van der Waals surface area (Å²) >= 11 is 0. The van der Waals surface area contributed by atoms with Gasteiger partial charge in [0.25, 0.3) is 0 Å². The van der Waals surface area contributed by atoms with E-state index < -0.39 is 0 Å². The Labute approximate surface area is 141 Å². The van der Waals surface area contributed by atoms with Crippen molar-refractivity contribution >= 4 is 22.8 Å². The average molecular weight is 328 g/mol. The number of piperidine rings is 1. The predicted molar refractivity (Wildman–Crippen MR) is 92.5 cm³/mol. The molecule has 2 amide bonds. The van der Waals surface area contributed by atoms with Crippen molar-refractivity contribution in [2.75, 3.05) is 13.6 Å². The van der Waals surface area contributed by atoms with Gasteiger partial charge in [-0.25, -0.2) is 4.98 Å². The maximum atomic E-state index is 12.9. The fraction of sp³-hybridized carbons (Fsp3) is 0.500. The standard InChI is InChI=1S/C18H24N4O2/c1-3-16-20-13-8-4-5-9-14(13)22(16)12-17(23)21-11-7-6-10-15(21)18(24)19-2/h4-5,8-9,15H,3,6-7,10-12H2,1-2H3,(H,19,24)/t15-/m0/s1.